The number of piperidine rings is 1. The topological polar surface area (TPSA) is 157 Å². The molecule has 210 valence electrons. The van der Waals surface area contributed by atoms with Gasteiger partial charge in [0.25, 0.3) is 0 Å². The van der Waals surface area contributed by atoms with Crippen LogP contribution < -0.4 is 4.74 Å². The number of ether oxygens (including phenoxy) is 2. The highest BCUT2D eigenvalue weighted by Crippen LogP contribution is 2.29. The van der Waals surface area contributed by atoms with Crippen LogP contribution in [0.4, 0.5) is 0 Å². The van der Waals surface area contributed by atoms with Gasteiger partial charge in [0.15, 0.2) is 12.2 Å². The number of aliphatic hydroxyl groups is 2. The van der Waals surface area contributed by atoms with Gasteiger partial charge < -0.3 is 39.7 Å². The number of morpholine rings is 1. The number of hydrogen-bond donors (Lipinski definition) is 4. The first-order valence-electron chi connectivity index (χ1n) is 13.0. The van der Waals surface area contributed by atoms with Gasteiger partial charge in [-0.3, -0.25) is 4.79 Å². The number of aryl methyl sites for hydroxylation is 1. The van der Waals surface area contributed by atoms with Crippen LogP contribution in [0.15, 0.2) is 24.3 Å². The van der Waals surface area contributed by atoms with Gasteiger partial charge in [-0.2, -0.15) is 0 Å². The number of aliphatic hydroxyl groups excluding tert-OH is 2. The number of hydrogen-bond acceptors (Lipinski definition) is 8. The van der Waals surface area contributed by atoms with Crippen LogP contribution in [0.1, 0.15) is 43.2 Å². The summed E-state index contributed by atoms with van der Waals surface area (Å²) in [5.74, 6) is -2.54. The molecule has 1 saturated carbocycles. The van der Waals surface area contributed by atoms with Crippen molar-refractivity contribution in [3.8, 4) is 5.75 Å². The average Bonchev–Trinajstić information content (AvgIpc) is 2.88. The lowest BCUT2D eigenvalue weighted by Gasteiger charge is -2.41. The zero-order valence-electron chi connectivity index (χ0n) is 21.7. The minimum atomic E-state index is -2.27. The van der Waals surface area contributed by atoms with Gasteiger partial charge in [0.2, 0.25) is 5.91 Å². The minimum Gasteiger partial charge on any atom is -0.490 e. The standard InChI is InChI=1S/C23H32N2O3.C4H6O6/c1-18-17-22(28-21-9-11-24(12-10-21)20-3-2-4-20)7-5-19(18)6-8-23(26)25-13-15-27-16-14-25;5-1(3(7)8)2(6)4(9)10/h5-8,17,20-21H,2-4,9-16H2,1H3;1-2,5-6H,(H,7,8)(H,9,10)/b8-6+;/t;1-,2-/m.1/s1. The van der Waals surface area contributed by atoms with E-state index in [2.05, 4.69) is 24.0 Å². The van der Waals surface area contributed by atoms with E-state index in [-0.39, 0.29) is 5.91 Å². The first-order chi connectivity index (χ1) is 18.2. The largest absolute Gasteiger partial charge is 0.490 e. The molecule has 0 radical (unpaired) electrons. The molecular formula is C27H38N2O9. The van der Waals surface area contributed by atoms with Crippen molar-refractivity contribution in [3.05, 3.63) is 35.4 Å². The van der Waals surface area contributed by atoms with Gasteiger partial charge in [0, 0.05) is 38.3 Å². The Morgan fingerprint density at radius 1 is 0.974 bits per heavy atom. The molecule has 38 heavy (non-hydrogen) atoms. The summed E-state index contributed by atoms with van der Waals surface area (Å²) in [5, 5.41) is 32.5. The third-order valence-electron chi connectivity index (χ3n) is 7.15. The van der Waals surface area contributed by atoms with E-state index in [0.717, 1.165) is 35.8 Å². The van der Waals surface area contributed by atoms with Gasteiger partial charge in [-0.05, 0) is 61.9 Å². The Kier molecular flexibility index (Phi) is 11.1. The van der Waals surface area contributed by atoms with Gasteiger partial charge in [-0.25, -0.2) is 9.59 Å². The van der Waals surface area contributed by atoms with Gasteiger partial charge in [0.1, 0.15) is 11.9 Å². The molecule has 0 aromatic heterocycles. The lowest BCUT2D eigenvalue weighted by atomic mass is 9.90. The van der Waals surface area contributed by atoms with Gasteiger partial charge in [-0.1, -0.05) is 12.5 Å². The van der Waals surface area contributed by atoms with Crippen molar-refractivity contribution >= 4 is 23.9 Å². The fourth-order valence-electron chi connectivity index (χ4n) is 4.53. The molecule has 4 N–H and O–H groups in total. The second kappa shape index (κ2) is 14.2. The van der Waals surface area contributed by atoms with E-state index >= 15 is 0 Å². The molecule has 0 unspecified atom stereocenters. The average molecular weight is 535 g/mol. The second-order valence-electron chi connectivity index (χ2n) is 9.79. The molecule has 3 fully saturated rings. The summed E-state index contributed by atoms with van der Waals surface area (Å²) in [6.07, 6.45) is 5.77. The van der Waals surface area contributed by atoms with Crippen molar-refractivity contribution in [1.82, 2.24) is 9.80 Å². The van der Waals surface area contributed by atoms with Crippen LogP contribution in [-0.4, -0.2) is 112 Å². The molecular weight excluding hydrogens is 496 g/mol. The Balaban J connectivity index is 0.000000342. The molecule has 11 nitrogen and oxygen atoms in total. The SMILES string of the molecule is Cc1cc(OC2CCN(C3CCC3)CC2)ccc1/C=C/C(=O)N1CCOCC1.O=C(O)[C@H](O)[C@@H](O)C(=O)O. The van der Waals surface area contributed by atoms with Crippen LogP contribution in [0.3, 0.4) is 0 Å². The van der Waals surface area contributed by atoms with Crippen LogP contribution >= 0.6 is 0 Å². The molecule has 2 heterocycles. The summed E-state index contributed by atoms with van der Waals surface area (Å²) in [4.78, 5) is 36.3. The number of carboxylic acid groups (broad SMARTS) is 2. The molecule has 0 spiro atoms. The first kappa shape index (κ1) is 29.6. The van der Waals surface area contributed by atoms with Crippen LogP contribution in [0.5, 0.6) is 5.75 Å². The first-order valence-corrected chi connectivity index (χ1v) is 13.0. The van der Waals surface area contributed by atoms with E-state index in [1.54, 1.807) is 6.08 Å². The van der Waals surface area contributed by atoms with Crippen LogP contribution in [-0.2, 0) is 19.1 Å². The number of carboxylic acids is 2. The molecule has 1 aromatic carbocycles. The summed E-state index contributed by atoms with van der Waals surface area (Å²) in [7, 11) is 0. The smallest absolute Gasteiger partial charge is 0.335 e. The van der Waals surface area contributed by atoms with E-state index in [9.17, 15) is 14.4 Å². The molecule has 11 heteroatoms. The third kappa shape index (κ3) is 8.52. The lowest BCUT2D eigenvalue weighted by Crippen LogP contribution is -2.46. The third-order valence-corrected chi connectivity index (χ3v) is 7.15. The Morgan fingerprint density at radius 2 is 1.58 bits per heavy atom. The van der Waals surface area contributed by atoms with Gasteiger partial charge in [-0.15, -0.1) is 0 Å². The number of rotatable bonds is 8. The molecule has 3 aliphatic rings. The summed E-state index contributed by atoms with van der Waals surface area (Å²) in [5.41, 5.74) is 2.20. The van der Waals surface area contributed by atoms with Gasteiger partial charge >= 0.3 is 11.9 Å². The Hall–Kier alpha value is -2.99. The fraction of sp³-hybridized carbons (Fsp3) is 0.593. The quantitative estimate of drug-likeness (QED) is 0.357. The van der Waals surface area contributed by atoms with Crippen molar-refractivity contribution in [2.45, 2.75) is 63.4 Å². The molecule has 0 bridgehead atoms. The number of benzene rings is 1. The molecule has 1 amide bonds. The maximum Gasteiger partial charge on any atom is 0.335 e. The van der Waals surface area contributed by atoms with E-state index < -0.39 is 24.1 Å². The highest BCUT2D eigenvalue weighted by Gasteiger charge is 2.30. The number of carbonyl (C=O) groups is 3. The number of carbonyl (C=O) groups excluding carboxylic acids is 1. The number of amides is 1. The zero-order chi connectivity index (χ0) is 27.7. The van der Waals surface area contributed by atoms with E-state index in [4.69, 9.17) is 29.9 Å². The van der Waals surface area contributed by atoms with Crippen LogP contribution in [0, 0.1) is 6.92 Å². The minimum absolute atomic E-state index is 0.0567. The van der Waals surface area contributed by atoms with Crippen molar-refractivity contribution in [1.29, 1.82) is 0 Å². The molecule has 2 aliphatic heterocycles. The summed E-state index contributed by atoms with van der Waals surface area (Å²) < 4.78 is 11.6. The van der Waals surface area contributed by atoms with Crippen LogP contribution in [0.2, 0.25) is 0 Å². The van der Waals surface area contributed by atoms with Crippen LogP contribution in [0.25, 0.3) is 6.08 Å². The molecule has 2 saturated heterocycles. The molecule has 1 aliphatic carbocycles. The maximum absolute atomic E-state index is 12.3. The maximum atomic E-state index is 12.3. The Morgan fingerprint density at radius 3 is 2.08 bits per heavy atom. The molecule has 1 aromatic rings. The monoisotopic (exact) mass is 534 g/mol. The van der Waals surface area contributed by atoms with Crippen molar-refractivity contribution in [2.75, 3.05) is 39.4 Å². The summed E-state index contributed by atoms with van der Waals surface area (Å²) in [6.45, 7) is 7.01. The van der Waals surface area contributed by atoms with Crippen molar-refractivity contribution in [3.63, 3.8) is 0 Å². The van der Waals surface area contributed by atoms with Gasteiger partial charge in [0.05, 0.1) is 13.2 Å². The summed E-state index contributed by atoms with van der Waals surface area (Å²) >= 11 is 0. The van der Waals surface area contributed by atoms with E-state index in [0.29, 0.717) is 32.4 Å². The highest BCUT2D eigenvalue weighted by atomic mass is 16.5. The number of nitrogens with zero attached hydrogens (tertiary/aromatic N) is 2. The van der Waals surface area contributed by atoms with Crippen molar-refractivity contribution in [2.24, 2.45) is 0 Å². The predicted octanol–water partition coefficient (Wildman–Crippen LogP) is 1.14. The second-order valence-corrected chi connectivity index (χ2v) is 9.79. The molecule has 2 atom stereocenters. The zero-order valence-corrected chi connectivity index (χ0v) is 21.7. The Bertz CT molecular complexity index is 963. The van der Waals surface area contributed by atoms with Crippen molar-refractivity contribution < 1.29 is 44.3 Å². The summed E-state index contributed by atoms with van der Waals surface area (Å²) in [6, 6.07) is 7.02. The van der Waals surface area contributed by atoms with E-state index in [1.165, 1.54) is 32.4 Å². The molecule has 4 rings (SSSR count). The number of likely N-dealkylation sites (tertiary alicyclic amines) is 1. The normalized spacial score (nSPS) is 20.7. The highest BCUT2D eigenvalue weighted by molar-refractivity contribution is 5.92. The number of aliphatic carboxylic acids is 2. The fourth-order valence-corrected chi connectivity index (χ4v) is 4.53. The predicted molar refractivity (Wildman–Crippen MR) is 138 cm³/mol. The Labute approximate surface area is 222 Å². The lowest BCUT2D eigenvalue weighted by molar-refractivity contribution is -0.165. The van der Waals surface area contributed by atoms with E-state index in [1.807, 2.05) is 17.0 Å².